The maximum Gasteiger partial charge on any atom is 0.406 e. The summed E-state index contributed by atoms with van der Waals surface area (Å²) in [6, 6.07) is 8.51. The number of nitrogens with zero attached hydrogens (tertiary/aromatic N) is 4. The van der Waals surface area contributed by atoms with Gasteiger partial charge in [-0.2, -0.15) is 0 Å². The summed E-state index contributed by atoms with van der Waals surface area (Å²) in [4.78, 5) is 50.7. The van der Waals surface area contributed by atoms with Gasteiger partial charge in [0, 0.05) is 18.7 Å². The van der Waals surface area contributed by atoms with Crippen LogP contribution in [0.4, 0.5) is 21.1 Å². The van der Waals surface area contributed by atoms with Crippen LogP contribution in [0.25, 0.3) is 11.2 Å². The van der Waals surface area contributed by atoms with Gasteiger partial charge in [0.1, 0.15) is 19.0 Å². The van der Waals surface area contributed by atoms with Gasteiger partial charge in [-0.05, 0) is 37.2 Å². The number of urea groups is 1. The molecule has 44 heavy (non-hydrogen) atoms. The standard InChI is InChI=1S/C29H41N7O7Si/c1-8-40-21(37)14-19-20(15-41-28(39)30-5)42-26(23(19)43-44(6,7)29(2,3)4)36-17-33-22-24(31-16-32-25(22)36)35-27(38)34-18-12-10-9-11-13-18/h9-13,16-17,19-20,23,26H,8,14-15H2,1-7H3,(H,30,39)(H2,31,32,34,35,38)/t19-,20-,23-,26-/m1/s1. The molecule has 0 unspecified atom stereocenters. The van der Waals surface area contributed by atoms with Gasteiger partial charge in [-0.1, -0.05) is 39.0 Å². The highest BCUT2D eigenvalue weighted by Crippen LogP contribution is 2.45. The number of nitrogens with one attached hydrogen (secondary N) is 3. The van der Waals surface area contributed by atoms with E-state index in [9.17, 15) is 14.4 Å². The van der Waals surface area contributed by atoms with Gasteiger partial charge in [-0.25, -0.2) is 24.5 Å². The predicted octanol–water partition coefficient (Wildman–Crippen LogP) is 4.68. The molecule has 0 aliphatic carbocycles. The highest BCUT2D eigenvalue weighted by molar-refractivity contribution is 6.74. The van der Waals surface area contributed by atoms with Crippen LogP contribution < -0.4 is 16.0 Å². The summed E-state index contributed by atoms with van der Waals surface area (Å²) in [5.41, 5.74) is 1.33. The third-order valence-corrected chi connectivity index (χ3v) is 12.4. The minimum absolute atomic E-state index is 0.0144. The first-order chi connectivity index (χ1) is 20.8. The molecule has 0 radical (unpaired) electrons. The number of para-hydroxylation sites is 1. The van der Waals surface area contributed by atoms with E-state index in [4.69, 9.17) is 18.6 Å². The van der Waals surface area contributed by atoms with E-state index in [1.807, 2.05) is 18.2 Å². The van der Waals surface area contributed by atoms with Crippen LogP contribution >= 0.6 is 0 Å². The molecule has 15 heteroatoms. The summed E-state index contributed by atoms with van der Waals surface area (Å²) >= 11 is 0. The number of aromatic nitrogens is 4. The molecule has 3 N–H and O–H groups in total. The number of benzene rings is 1. The van der Waals surface area contributed by atoms with E-state index in [0.717, 1.165) is 0 Å². The number of hydrogen-bond donors (Lipinski definition) is 3. The van der Waals surface area contributed by atoms with Crippen molar-refractivity contribution in [2.24, 2.45) is 5.92 Å². The van der Waals surface area contributed by atoms with Crippen molar-refractivity contribution in [3.63, 3.8) is 0 Å². The Morgan fingerprint density at radius 1 is 1.05 bits per heavy atom. The van der Waals surface area contributed by atoms with Crippen molar-refractivity contribution in [3.05, 3.63) is 43.0 Å². The van der Waals surface area contributed by atoms with Crippen LogP contribution in [0.3, 0.4) is 0 Å². The summed E-state index contributed by atoms with van der Waals surface area (Å²) in [7, 11) is -0.977. The number of rotatable bonds is 10. The molecule has 1 aliphatic rings. The molecule has 2 aromatic heterocycles. The first-order valence-electron chi connectivity index (χ1n) is 14.5. The van der Waals surface area contributed by atoms with Gasteiger partial charge in [0.15, 0.2) is 31.5 Å². The van der Waals surface area contributed by atoms with E-state index in [2.05, 4.69) is 64.8 Å². The Bertz CT molecular complexity index is 1460. The lowest BCUT2D eigenvalue weighted by Crippen LogP contribution is -2.47. The van der Waals surface area contributed by atoms with E-state index in [0.29, 0.717) is 16.9 Å². The Morgan fingerprint density at radius 2 is 1.77 bits per heavy atom. The Labute approximate surface area is 257 Å². The van der Waals surface area contributed by atoms with Crippen LogP contribution in [0, 0.1) is 5.92 Å². The fraction of sp³-hybridized carbons (Fsp3) is 0.517. The molecule has 1 fully saturated rings. The largest absolute Gasteiger partial charge is 0.466 e. The number of ether oxygens (including phenoxy) is 3. The Kier molecular flexibility index (Phi) is 10.2. The smallest absolute Gasteiger partial charge is 0.406 e. The van der Waals surface area contributed by atoms with Gasteiger partial charge >= 0.3 is 18.1 Å². The summed E-state index contributed by atoms with van der Waals surface area (Å²) < 4.78 is 25.8. The number of imidazole rings is 1. The maximum absolute atomic E-state index is 12.8. The molecule has 3 amide bonds. The summed E-state index contributed by atoms with van der Waals surface area (Å²) in [5, 5.41) is 7.76. The highest BCUT2D eigenvalue weighted by Gasteiger charge is 2.52. The molecule has 0 saturated carbocycles. The highest BCUT2D eigenvalue weighted by atomic mass is 28.4. The van der Waals surface area contributed by atoms with Gasteiger partial charge in [0.05, 0.1) is 25.5 Å². The SMILES string of the molecule is CCOC(=O)C[C@H]1[C@@H](O[Si](C)(C)C(C)(C)C)[C@H](n2cnc3c(NC(=O)Nc4ccccc4)ncnc32)O[C@@H]1COC(=O)NC. The zero-order valence-corrected chi connectivity index (χ0v) is 27.1. The molecule has 4 rings (SSSR count). The maximum atomic E-state index is 12.8. The monoisotopic (exact) mass is 627 g/mol. The van der Waals surface area contributed by atoms with Crippen molar-refractivity contribution >= 4 is 49.1 Å². The van der Waals surface area contributed by atoms with Gasteiger partial charge in [0.25, 0.3) is 0 Å². The fourth-order valence-corrected chi connectivity index (χ4v) is 5.97. The van der Waals surface area contributed by atoms with Crippen LogP contribution in [-0.4, -0.2) is 78.4 Å². The van der Waals surface area contributed by atoms with E-state index in [-0.39, 0.29) is 30.5 Å². The second kappa shape index (κ2) is 13.7. The number of amides is 3. The van der Waals surface area contributed by atoms with E-state index in [1.165, 1.54) is 19.7 Å². The molecule has 4 atom stereocenters. The van der Waals surface area contributed by atoms with Gasteiger partial charge in [-0.3, -0.25) is 14.7 Å². The minimum atomic E-state index is -2.44. The average Bonchev–Trinajstić information content (AvgIpc) is 3.53. The molecule has 3 aromatic rings. The normalized spacial score (nSPS) is 20.2. The molecule has 0 spiro atoms. The lowest BCUT2D eigenvalue weighted by Gasteiger charge is -2.40. The first kappa shape index (κ1) is 32.8. The van der Waals surface area contributed by atoms with Crippen molar-refractivity contribution in [1.82, 2.24) is 24.8 Å². The molecule has 3 heterocycles. The molecule has 0 bridgehead atoms. The third-order valence-electron chi connectivity index (χ3n) is 7.92. The third kappa shape index (κ3) is 7.52. The summed E-state index contributed by atoms with van der Waals surface area (Å²) in [6.07, 6.45) is 0.0648. The van der Waals surface area contributed by atoms with Gasteiger partial charge in [0.2, 0.25) is 0 Å². The number of carbonyl (C=O) groups excluding carboxylic acids is 3. The summed E-state index contributed by atoms with van der Waals surface area (Å²) in [5.74, 6) is -0.736. The van der Waals surface area contributed by atoms with Crippen LogP contribution in [0.15, 0.2) is 43.0 Å². The van der Waals surface area contributed by atoms with Crippen molar-refractivity contribution in [2.45, 2.75) is 70.7 Å². The minimum Gasteiger partial charge on any atom is -0.466 e. The molecule has 1 saturated heterocycles. The second-order valence-electron chi connectivity index (χ2n) is 11.9. The number of hydrogen-bond acceptors (Lipinski definition) is 10. The molecule has 1 aliphatic heterocycles. The topological polar surface area (TPSA) is 168 Å². The van der Waals surface area contributed by atoms with Crippen LogP contribution in [0.5, 0.6) is 0 Å². The van der Waals surface area contributed by atoms with Crippen LogP contribution in [0.1, 0.15) is 40.3 Å². The first-order valence-corrected chi connectivity index (χ1v) is 17.4. The number of fused-ring (bicyclic) bond motifs is 1. The lowest BCUT2D eigenvalue weighted by molar-refractivity contribution is -0.145. The second-order valence-corrected chi connectivity index (χ2v) is 16.7. The number of carbonyl (C=O) groups is 3. The van der Waals surface area contributed by atoms with E-state index >= 15 is 0 Å². The molecule has 238 valence electrons. The quantitative estimate of drug-likeness (QED) is 0.212. The Hall–Kier alpha value is -4.08. The Morgan fingerprint density at radius 3 is 2.43 bits per heavy atom. The molecular weight excluding hydrogens is 586 g/mol. The zero-order valence-electron chi connectivity index (χ0n) is 26.1. The molecule has 14 nitrogen and oxygen atoms in total. The van der Waals surface area contributed by atoms with Crippen LogP contribution in [-0.2, 0) is 23.4 Å². The van der Waals surface area contributed by atoms with Crippen molar-refractivity contribution < 1.29 is 33.0 Å². The average molecular weight is 628 g/mol. The van der Waals surface area contributed by atoms with Gasteiger partial charge in [-0.15, -0.1) is 0 Å². The Balaban J connectivity index is 1.71. The predicted molar refractivity (Wildman–Crippen MR) is 166 cm³/mol. The van der Waals surface area contributed by atoms with Crippen molar-refractivity contribution in [1.29, 1.82) is 0 Å². The van der Waals surface area contributed by atoms with E-state index < -0.39 is 50.8 Å². The number of alkyl carbamates (subject to hydrolysis) is 1. The molecule has 1 aromatic carbocycles. The fourth-order valence-electron chi connectivity index (χ4n) is 4.64. The van der Waals surface area contributed by atoms with Gasteiger partial charge < -0.3 is 29.3 Å². The van der Waals surface area contributed by atoms with E-state index in [1.54, 1.807) is 23.6 Å². The number of esters is 1. The van der Waals surface area contributed by atoms with Crippen molar-refractivity contribution in [3.8, 4) is 0 Å². The van der Waals surface area contributed by atoms with Crippen LogP contribution in [0.2, 0.25) is 18.1 Å². The number of anilines is 2. The zero-order chi connectivity index (χ0) is 32.1. The lowest BCUT2D eigenvalue weighted by atomic mass is 9.94. The molecular formula is C29H41N7O7Si. The van der Waals surface area contributed by atoms with Crippen molar-refractivity contribution in [2.75, 3.05) is 30.9 Å². The summed E-state index contributed by atoms with van der Waals surface area (Å²) in [6.45, 7) is 12.4.